The summed E-state index contributed by atoms with van der Waals surface area (Å²) in [6.45, 7) is 6.56. The fraction of sp³-hybridized carbons (Fsp3) is 0.435. The molecule has 140 valence electrons. The summed E-state index contributed by atoms with van der Waals surface area (Å²) in [6, 6.07) is 10.2. The Bertz CT molecular complexity index is 836. The SMILES string of the molecule is C[C@H]1C[C@H](C)CN(c2ncc3c(n2)C[C@@H](/C=C/c2ccccc2)CC3=O)C1. The van der Waals surface area contributed by atoms with Crippen molar-refractivity contribution < 1.29 is 4.79 Å². The zero-order valence-corrected chi connectivity index (χ0v) is 16.1. The van der Waals surface area contributed by atoms with E-state index < -0.39 is 0 Å². The number of nitrogens with zero attached hydrogens (tertiary/aromatic N) is 3. The minimum Gasteiger partial charge on any atom is -0.340 e. The maximum absolute atomic E-state index is 12.6. The second kappa shape index (κ2) is 7.63. The number of aromatic nitrogens is 2. The number of anilines is 1. The topological polar surface area (TPSA) is 46.1 Å². The highest BCUT2D eigenvalue weighted by molar-refractivity contribution is 5.98. The van der Waals surface area contributed by atoms with Gasteiger partial charge < -0.3 is 4.90 Å². The number of allylic oxidation sites excluding steroid dienone is 1. The molecule has 1 aromatic heterocycles. The second-order valence-electron chi connectivity index (χ2n) is 8.24. The lowest BCUT2D eigenvalue weighted by Gasteiger charge is -2.35. The first kappa shape index (κ1) is 17.9. The summed E-state index contributed by atoms with van der Waals surface area (Å²) in [6.07, 6.45) is 8.62. The van der Waals surface area contributed by atoms with E-state index in [-0.39, 0.29) is 11.7 Å². The normalized spacial score (nSPS) is 25.6. The van der Waals surface area contributed by atoms with Crippen molar-refractivity contribution in [2.45, 2.75) is 33.1 Å². The van der Waals surface area contributed by atoms with Crippen LogP contribution in [0.5, 0.6) is 0 Å². The smallest absolute Gasteiger partial charge is 0.225 e. The maximum atomic E-state index is 12.6. The largest absolute Gasteiger partial charge is 0.340 e. The third kappa shape index (κ3) is 4.10. The Morgan fingerprint density at radius 2 is 1.81 bits per heavy atom. The summed E-state index contributed by atoms with van der Waals surface area (Å²) in [5.41, 5.74) is 2.78. The van der Waals surface area contributed by atoms with Crippen molar-refractivity contribution in [3.8, 4) is 0 Å². The molecule has 4 rings (SSSR count). The molecule has 3 atom stereocenters. The van der Waals surface area contributed by atoms with E-state index in [4.69, 9.17) is 4.98 Å². The standard InChI is InChI=1S/C23H27N3O/c1-16-10-17(2)15-26(14-16)23-24-13-20-21(25-23)11-19(12-22(20)27)9-8-18-6-4-3-5-7-18/h3-9,13,16-17,19H,10-12,14-15H2,1-2H3/b9-8+/t16-,17-,19+/m0/s1. The highest BCUT2D eigenvalue weighted by Gasteiger charge is 2.28. The lowest BCUT2D eigenvalue weighted by atomic mass is 9.86. The van der Waals surface area contributed by atoms with E-state index in [1.54, 1.807) is 6.20 Å². The molecule has 1 saturated heterocycles. The Kier molecular flexibility index (Phi) is 5.06. The molecule has 0 unspecified atom stereocenters. The first-order valence-electron chi connectivity index (χ1n) is 9.96. The van der Waals surface area contributed by atoms with Gasteiger partial charge in [-0.1, -0.05) is 56.3 Å². The number of hydrogen-bond acceptors (Lipinski definition) is 4. The molecule has 0 saturated carbocycles. The molecule has 2 heterocycles. The van der Waals surface area contributed by atoms with Crippen LogP contribution in [-0.2, 0) is 6.42 Å². The van der Waals surface area contributed by atoms with Crippen molar-refractivity contribution in [1.82, 2.24) is 9.97 Å². The number of rotatable bonds is 3. The summed E-state index contributed by atoms with van der Waals surface area (Å²) >= 11 is 0. The Labute approximate surface area is 161 Å². The van der Waals surface area contributed by atoms with Crippen LogP contribution in [0.15, 0.2) is 42.6 Å². The minimum absolute atomic E-state index is 0.158. The van der Waals surface area contributed by atoms with Crippen molar-refractivity contribution in [3.63, 3.8) is 0 Å². The zero-order chi connectivity index (χ0) is 18.8. The van der Waals surface area contributed by atoms with Gasteiger partial charge in [0.1, 0.15) is 0 Å². The van der Waals surface area contributed by atoms with E-state index >= 15 is 0 Å². The van der Waals surface area contributed by atoms with Gasteiger partial charge in [0, 0.05) is 25.7 Å². The third-order valence-corrected chi connectivity index (χ3v) is 5.57. The van der Waals surface area contributed by atoms with Crippen LogP contribution in [0.2, 0.25) is 0 Å². The molecule has 0 radical (unpaired) electrons. The number of hydrogen-bond donors (Lipinski definition) is 0. The molecule has 1 aromatic carbocycles. The molecule has 1 aliphatic carbocycles. The average Bonchev–Trinajstić information content (AvgIpc) is 2.66. The number of Topliss-reactive ketones (excluding diaryl/α,β-unsaturated/α-hetero) is 1. The first-order valence-corrected chi connectivity index (χ1v) is 9.96. The predicted molar refractivity (Wildman–Crippen MR) is 109 cm³/mol. The van der Waals surface area contributed by atoms with E-state index in [2.05, 4.69) is 48.0 Å². The molecule has 0 bridgehead atoms. The fourth-order valence-electron chi connectivity index (χ4n) is 4.39. The van der Waals surface area contributed by atoms with Gasteiger partial charge in [0.05, 0.1) is 11.3 Å². The maximum Gasteiger partial charge on any atom is 0.225 e. The molecule has 0 N–H and O–H groups in total. The van der Waals surface area contributed by atoms with Crippen molar-refractivity contribution >= 4 is 17.8 Å². The number of piperidine rings is 1. The van der Waals surface area contributed by atoms with Crippen LogP contribution in [0.3, 0.4) is 0 Å². The summed E-state index contributed by atoms with van der Waals surface area (Å²) < 4.78 is 0. The van der Waals surface area contributed by atoms with Crippen LogP contribution in [0.1, 0.15) is 48.3 Å². The number of ketones is 1. The molecule has 0 spiro atoms. The Balaban J connectivity index is 1.54. The van der Waals surface area contributed by atoms with Crippen LogP contribution in [0, 0.1) is 17.8 Å². The first-order chi connectivity index (χ1) is 13.1. The number of carbonyl (C=O) groups excluding carboxylic acids is 1. The molecule has 4 heteroatoms. The molecular weight excluding hydrogens is 334 g/mol. The van der Waals surface area contributed by atoms with Crippen LogP contribution in [0.4, 0.5) is 5.95 Å². The molecular formula is C23H27N3O. The predicted octanol–water partition coefficient (Wildman–Crippen LogP) is 4.42. The Morgan fingerprint density at radius 3 is 2.56 bits per heavy atom. The van der Waals surface area contributed by atoms with Gasteiger partial charge in [-0.3, -0.25) is 4.79 Å². The van der Waals surface area contributed by atoms with Crippen LogP contribution >= 0.6 is 0 Å². The number of fused-ring (bicyclic) bond motifs is 1. The minimum atomic E-state index is 0.158. The van der Waals surface area contributed by atoms with E-state index in [1.807, 2.05) is 18.2 Å². The average molecular weight is 361 g/mol. The van der Waals surface area contributed by atoms with E-state index in [9.17, 15) is 4.79 Å². The third-order valence-electron chi connectivity index (χ3n) is 5.57. The van der Waals surface area contributed by atoms with E-state index in [0.29, 0.717) is 23.8 Å². The van der Waals surface area contributed by atoms with Gasteiger partial charge in [-0.2, -0.15) is 0 Å². The summed E-state index contributed by atoms with van der Waals surface area (Å²) in [7, 11) is 0. The molecule has 0 amide bonds. The van der Waals surface area contributed by atoms with Gasteiger partial charge in [-0.25, -0.2) is 9.97 Å². The summed E-state index contributed by atoms with van der Waals surface area (Å²) in [5.74, 6) is 2.44. The van der Waals surface area contributed by atoms with Gasteiger partial charge >= 0.3 is 0 Å². The van der Waals surface area contributed by atoms with E-state index in [1.165, 1.54) is 6.42 Å². The summed E-state index contributed by atoms with van der Waals surface area (Å²) in [5, 5.41) is 0. The van der Waals surface area contributed by atoms with Gasteiger partial charge in [0.15, 0.2) is 5.78 Å². The van der Waals surface area contributed by atoms with Gasteiger partial charge in [0.25, 0.3) is 0 Å². The van der Waals surface area contributed by atoms with Crippen LogP contribution < -0.4 is 4.90 Å². The van der Waals surface area contributed by atoms with Gasteiger partial charge in [-0.15, -0.1) is 0 Å². The monoisotopic (exact) mass is 361 g/mol. The second-order valence-corrected chi connectivity index (χ2v) is 8.24. The van der Waals surface area contributed by atoms with Crippen LogP contribution in [0.25, 0.3) is 6.08 Å². The van der Waals surface area contributed by atoms with Gasteiger partial charge in [-0.05, 0) is 36.2 Å². The molecule has 4 nitrogen and oxygen atoms in total. The molecule has 1 fully saturated rings. The lowest BCUT2D eigenvalue weighted by Crippen LogP contribution is -2.40. The lowest BCUT2D eigenvalue weighted by molar-refractivity contribution is 0.0957. The molecule has 2 aromatic rings. The Morgan fingerprint density at radius 1 is 1.07 bits per heavy atom. The number of carbonyl (C=O) groups is 1. The van der Waals surface area contributed by atoms with Crippen LogP contribution in [-0.4, -0.2) is 28.8 Å². The molecule has 2 aliphatic rings. The highest BCUT2D eigenvalue weighted by Crippen LogP contribution is 2.29. The highest BCUT2D eigenvalue weighted by atomic mass is 16.1. The summed E-state index contributed by atoms with van der Waals surface area (Å²) in [4.78, 5) is 24.2. The fourth-order valence-corrected chi connectivity index (χ4v) is 4.39. The zero-order valence-electron chi connectivity index (χ0n) is 16.1. The van der Waals surface area contributed by atoms with Crippen molar-refractivity contribution in [2.75, 3.05) is 18.0 Å². The number of benzene rings is 1. The quantitative estimate of drug-likeness (QED) is 0.812. The molecule has 1 aliphatic heterocycles. The molecule has 27 heavy (non-hydrogen) atoms. The van der Waals surface area contributed by atoms with Gasteiger partial charge in [0.2, 0.25) is 5.95 Å². The van der Waals surface area contributed by atoms with Crippen molar-refractivity contribution in [3.05, 3.63) is 59.4 Å². The Hall–Kier alpha value is -2.49. The van der Waals surface area contributed by atoms with Crippen molar-refractivity contribution in [2.24, 2.45) is 17.8 Å². The van der Waals surface area contributed by atoms with E-state index in [0.717, 1.165) is 36.7 Å². The van der Waals surface area contributed by atoms with Crippen molar-refractivity contribution in [1.29, 1.82) is 0 Å².